The lowest BCUT2D eigenvalue weighted by Crippen LogP contribution is -2.31. The molecule has 0 aliphatic heterocycles. The third kappa shape index (κ3) is 4.01. The minimum atomic E-state index is -0.263. The Kier molecular flexibility index (Phi) is 4.88. The number of rotatable bonds is 7. The van der Waals surface area contributed by atoms with E-state index in [4.69, 9.17) is 9.47 Å². The zero-order valence-corrected chi connectivity index (χ0v) is 14.9. The summed E-state index contributed by atoms with van der Waals surface area (Å²) in [5.74, 6) is 1.30. The summed E-state index contributed by atoms with van der Waals surface area (Å²) < 4.78 is 10.5. The molecule has 1 aliphatic carbocycles. The molecule has 2 amide bonds. The molecule has 1 aromatic carbocycles. The molecule has 0 saturated heterocycles. The minimum Gasteiger partial charge on any atom is -0.474 e. The Morgan fingerprint density at radius 2 is 2.15 bits per heavy atom. The maximum Gasteiger partial charge on any atom is 0.320 e. The molecule has 3 aromatic rings. The molecule has 1 saturated carbocycles. The number of hydrogen-bond acceptors (Lipinski definition) is 5. The fraction of sp³-hybridized carbons (Fsp3) is 0.316. The van der Waals surface area contributed by atoms with Crippen LogP contribution >= 0.6 is 0 Å². The lowest BCUT2D eigenvalue weighted by atomic mass is 10.1. The first-order valence-corrected chi connectivity index (χ1v) is 8.83. The molecule has 27 heavy (non-hydrogen) atoms. The summed E-state index contributed by atoms with van der Waals surface area (Å²) in [5, 5.41) is 13.5. The monoisotopic (exact) mass is 367 g/mol. The molecule has 0 spiro atoms. The lowest BCUT2D eigenvalue weighted by Gasteiger charge is -2.07. The van der Waals surface area contributed by atoms with E-state index in [1.54, 1.807) is 19.4 Å². The van der Waals surface area contributed by atoms with E-state index in [1.165, 1.54) is 5.56 Å². The Labute approximate surface area is 156 Å². The number of H-pyrrole nitrogens is 1. The Bertz CT molecular complexity index is 927. The first-order valence-electron chi connectivity index (χ1n) is 8.83. The standard InChI is InChI=1S/C19H21N5O3/c1-26-7-8-27-18-14-11-20-17(10-16(14)23-24-18)22-19(25)21-15-9-13(15)12-5-3-2-4-6-12/h2-6,10-11,13,15H,7-9H2,1H3,(H,23,24)(H2,20,21,22,25)/t13-,15+/m0/s1. The van der Waals surface area contributed by atoms with Gasteiger partial charge >= 0.3 is 6.03 Å². The highest BCUT2D eigenvalue weighted by molar-refractivity contribution is 5.92. The van der Waals surface area contributed by atoms with Crippen molar-refractivity contribution in [3.63, 3.8) is 0 Å². The quantitative estimate of drug-likeness (QED) is 0.557. The highest BCUT2D eigenvalue weighted by atomic mass is 16.5. The van der Waals surface area contributed by atoms with E-state index in [0.717, 1.165) is 17.3 Å². The number of aromatic nitrogens is 3. The largest absolute Gasteiger partial charge is 0.474 e. The molecule has 140 valence electrons. The summed E-state index contributed by atoms with van der Waals surface area (Å²) in [7, 11) is 1.61. The van der Waals surface area contributed by atoms with E-state index in [2.05, 4.69) is 37.9 Å². The number of hydrogen-bond donors (Lipinski definition) is 3. The van der Waals surface area contributed by atoms with Crippen molar-refractivity contribution < 1.29 is 14.3 Å². The molecule has 8 nitrogen and oxygen atoms in total. The molecule has 2 aromatic heterocycles. The molecule has 0 radical (unpaired) electrons. The molecule has 2 heterocycles. The highest BCUT2D eigenvalue weighted by Gasteiger charge is 2.39. The Morgan fingerprint density at radius 1 is 1.30 bits per heavy atom. The van der Waals surface area contributed by atoms with E-state index in [9.17, 15) is 4.79 Å². The number of anilines is 1. The number of nitrogens with one attached hydrogen (secondary N) is 3. The molecule has 0 bridgehead atoms. The van der Waals surface area contributed by atoms with Crippen molar-refractivity contribution in [3.8, 4) is 5.88 Å². The summed E-state index contributed by atoms with van der Waals surface area (Å²) in [6, 6.07) is 11.8. The van der Waals surface area contributed by atoms with Crippen LogP contribution in [0.4, 0.5) is 10.6 Å². The van der Waals surface area contributed by atoms with E-state index in [0.29, 0.717) is 30.8 Å². The third-order valence-corrected chi connectivity index (χ3v) is 4.51. The van der Waals surface area contributed by atoms with E-state index >= 15 is 0 Å². The predicted octanol–water partition coefficient (Wildman–Crippen LogP) is 2.66. The number of aromatic amines is 1. The van der Waals surface area contributed by atoms with Gasteiger partial charge in [-0.15, -0.1) is 5.10 Å². The van der Waals surface area contributed by atoms with Crippen LogP contribution in [0.5, 0.6) is 5.88 Å². The smallest absolute Gasteiger partial charge is 0.320 e. The number of pyridine rings is 1. The van der Waals surface area contributed by atoms with Gasteiger partial charge < -0.3 is 14.8 Å². The number of amides is 2. The second-order valence-corrected chi connectivity index (χ2v) is 6.44. The molecule has 3 N–H and O–H groups in total. The number of benzene rings is 1. The van der Waals surface area contributed by atoms with Crippen molar-refractivity contribution in [3.05, 3.63) is 48.2 Å². The van der Waals surface area contributed by atoms with Gasteiger partial charge in [0, 0.05) is 31.3 Å². The predicted molar refractivity (Wildman–Crippen MR) is 101 cm³/mol. The van der Waals surface area contributed by atoms with Crippen LogP contribution in [0.3, 0.4) is 0 Å². The topological polar surface area (TPSA) is 101 Å². The van der Waals surface area contributed by atoms with Crippen LogP contribution in [0, 0.1) is 0 Å². The number of carbonyl (C=O) groups excluding carboxylic acids is 1. The Hall–Kier alpha value is -3.13. The zero-order valence-electron chi connectivity index (χ0n) is 14.9. The van der Waals surface area contributed by atoms with Crippen molar-refractivity contribution in [2.75, 3.05) is 25.6 Å². The van der Waals surface area contributed by atoms with Gasteiger partial charge in [0.15, 0.2) is 0 Å². The van der Waals surface area contributed by atoms with Gasteiger partial charge in [-0.05, 0) is 12.0 Å². The summed E-state index contributed by atoms with van der Waals surface area (Å²) in [4.78, 5) is 16.5. The van der Waals surface area contributed by atoms with Crippen molar-refractivity contribution in [2.45, 2.75) is 18.4 Å². The first-order chi connectivity index (χ1) is 13.2. The van der Waals surface area contributed by atoms with Gasteiger partial charge in [0.25, 0.3) is 0 Å². The van der Waals surface area contributed by atoms with Gasteiger partial charge in [-0.25, -0.2) is 9.78 Å². The van der Waals surface area contributed by atoms with Gasteiger partial charge in [0.2, 0.25) is 5.88 Å². The van der Waals surface area contributed by atoms with E-state index in [-0.39, 0.29) is 12.1 Å². The van der Waals surface area contributed by atoms with Crippen LogP contribution in [0.1, 0.15) is 17.9 Å². The number of nitrogens with zero attached hydrogens (tertiary/aromatic N) is 2. The first kappa shape index (κ1) is 17.3. The zero-order chi connectivity index (χ0) is 18.6. The van der Waals surface area contributed by atoms with E-state index in [1.807, 2.05) is 18.2 Å². The second-order valence-electron chi connectivity index (χ2n) is 6.44. The van der Waals surface area contributed by atoms with Crippen LogP contribution in [0.25, 0.3) is 10.9 Å². The summed E-state index contributed by atoms with van der Waals surface area (Å²) in [6.07, 6.45) is 2.58. The highest BCUT2D eigenvalue weighted by Crippen LogP contribution is 2.40. The van der Waals surface area contributed by atoms with Crippen LogP contribution < -0.4 is 15.4 Å². The maximum atomic E-state index is 12.2. The van der Waals surface area contributed by atoms with Gasteiger partial charge in [-0.3, -0.25) is 10.4 Å². The fourth-order valence-corrected chi connectivity index (χ4v) is 3.03. The van der Waals surface area contributed by atoms with Crippen molar-refractivity contribution in [1.82, 2.24) is 20.5 Å². The SMILES string of the molecule is COCCOc1n[nH]c2cc(NC(=O)N[C@@H]3C[C@H]3c3ccccc3)ncc12. The number of carbonyl (C=O) groups is 1. The fourth-order valence-electron chi connectivity index (χ4n) is 3.03. The molecular formula is C19H21N5O3. The number of ether oxygens (including phenoxy) is 2. The van der Waals surface area contributed by atoms with Gasteiger partial charge in [-0.1, -0.05) is 30.3 Å². The molecule has 8 heteroatoms. The molecule has 1 fully saturated rings. The van der Waals surface area contributed by atoms with Crippen molar-refractivity contribution in [1.29, 1.82) is 0 Å². The third-order valence-electron chi connectivity index (χ3n) is 4.51. The van der Waals surface area contributed by atoms with Gasteiger partial charge in [0.05, 0.1) is 17.5 Å². The van der Waals surface area contributed by atoms with E-state index < -0.39 is 0 Å². The average molecular weight is 367 g/mol. The lowest BCUT2D eigenvalue weighted by molar-refractivity contribution is 0.144. The van der Waals surface area contributed by atoms with Crippen LogP contribution in [0.2, 0.25) is 0 Å². The maximum absolute atomic E-state index is 12.2. The normalized spacial score (nSPS) is 18.3. The van der Waals surface area contributed by atoms with Gasteiger partial charge in [0.1, 0.15) is 12.4 Å². The summed E-state index contributed by atoms with van der Waals surface area (Å²) in [5.41, 5.74) is 1.99. The van der Waals surface area contributed by atoms with Gasteiger partial charge in [-0.2, -0.15) is 0 Å². The number of fused-ring (bicyclic) bond motifs is 1. The van der Waals surface area contributed by atoms with Crippen LogP contribution in [-0.4, -0.2) is 47.6 Å². The molecule has 4 rings (SSSR count). The second kappa shape index (κ2) is 7.63. The molecular weight excluding hydrogens is 346 g/mol. The molecule has 0 unspecified atom stereocenters. The van der Waals surface area contributed by atoms with Crippen LogP contribution in [0.15, 0.2) is 42.6 Å². The number of methoxy groups -OCH3 is 1. The molecule has 2 atom stereocenters. The number of urea groups is 1. The van der Waals surface area contributed by atoms with Crippen molar-refractivity contribution >= 4 is 22.8 Å². The summed E-state index contributed by atoms with van der Waals surface area (Å²) >= 11 is 0. The molecule has 1 aliphatic rings. The average Bonchev–Trinajstić information content (AvgIpc) is 3.33. The Morgan fingerprint density at radius 3 is 2.96 bits per heavy atom. The van der Waals surface area contributed by atoms with Crippen LogP contribution in [-0.2, 0) is 4.74 Å². The summed E-state index contributed by atoms with van der Waals surface area (Å²) in [6.45, 7) is 0.884. The van der Waals surface area contributed by atoms with Crippen molar-refractivity contribution in [2.24, 2.45) is 0 Å². The Balaban J connectivity index is 1.34. The minimum absolute atomic E-state index is 0.157.